The standard InChI is InChI=1S/C12H13N3O5/c1-19-7-8-2-3-9(20-8)12(18)13-10-4-5-15(14-10)6-11(16)17/h2-5H,6-7H2,1H3,(H,16,17)(H,13,14,18). The third kappa shape index (κ3) is 3.45. The Morgan fingerprint density at radius 3 is 2.95 bits per heavy atom. The summed E-state index contributed by atoms with van der Waals surface area (Å²) < 4.78 is 11.4. The number of hydrogen-bond donors (Lipinski definition) is 2. The largest absolute Gasteiger partial charge is 0.480 e. The Balaban J connectivity index is 1.99. The maximum atomic E-state index is 11.9. The van der Waals surface area contributed by atoms with E-state index in [1.165, 1.54) is 30.1 Å². The number of furan rings is 1. The van der Waals surface area contributed by atoms with Gasteiger partial charge in [0.15, 0.2) is 11.6 Å². The highest BCUT2D eigenvalue weighted by Gasteiger charge is 2.13. The van der Waals surface area contributed by atoms with Crippen LogP contribution in [0.15, 0.2) is 28.8 Å². The minimum absolute atomic E-state index is 0.129. The second-order valence-corrected chi connectivity index (χ2v) is 3.95. The van der Waals surface area contributed by atoms with E-state index < -0.39 is 11.9 Å². The molecule has 106 valence electrons. The SMILES string of the molecule is COCc1ccc(C(=O)Nc2ccn(CC(=O)O)n2)o1. The molecule has 8 nitrogen and oxygen atoms in total. The number of carboxylic acids is 1. The Hall–Kier alpha value is -2.61. The molecule has 0 radical (unpaired) electrons. The van der Waals surface area contributed by atoms with Crippen molar-refractivity contribution >= 4 is 17.7 Å². The fraction of sp³-hybridized carbons (Fsp3) is 0.250. The van der Waals surface area contributed by atoms with E-state index in [0.29, 0.717) is 5.76 Å². The summed E-state index contributed by atoms with van der Waals surface area (Å²) in [6.45, 7) is 0.00906. The molecule has 0 unspecified atom stereocenters. The number of aliphatic carboxylic acids is 1. The number of aromatic nitrogens is 2. The van der Waals surface area contributed by atoms with Gasteiger partial charge in [0.2, 0.25) is 0 Å². The molecule has 0 aromatic carbocycles. The van der Waals surface area contributed by atoms with Crippen molar-refractivity contribution in [2.45, 2.75) is 13.2 Å². The summed E-state index contributed by atoms with van der Waals surface area (Å²) in [5.41, 5.74) is 0. The molecule has 0 saturated carbocycles. The summed E-state index contributed by atoms with van der Waals surface area (Å²) in [6.07, 6.45) is 1.46. The van der Waals surface area contributed by atoms with Gasteiger partial charge in [-0.25, -0.2) is 0 Å². The minimum atomic E-state index is -1.01. The van der Waals surface area contributed by atoms with Crippen molar-refractivity contribution in [2.24, 2.45) is 0 Å². The van der Waals surface area contributed by atoms with E-state index in [9.17, 15) is 9.59 Å². The van der Waals surface area contributed by atoms with E-state index in [1.54, 1.807) is 6.07 Å². The molecule has 0 spiro atoms. The van der Waals surface area contributed by atoms with Crippen LogP contribution in [-0.2, 0) is 22.7 Å². The summed E-state index contributed by atoms with van der Waals surface area (Å²) in [5, 5.41) is 15.0. The van der Waals surface area contributed by atoms with Crippen LogP contribution in [0.1, 0.15) is 16.3 Å². The van der Waals surface area contributed by atoms with Crippen LogP contribution in [0.5, 0.6) is 0 Å². The zero-order chi connectivity index (χ0) is 14.5. The van der Waals surface area contributed by atoms with E-state index in [-0.39, 0.29) is 24.7 Å². The first-order chi connectivity index (χ1) is 9.58. The fourth-order valence-electron chi connectivity index (χ4n) is 1.55. The molecule has 2 N–H and O–H groups in total. The Morgan fingerprint density at radius 1 is 1.45 bits per heavy atom. The highest BCUT2D eigenvalue weighted by atomic mass is 16.5. The normalized spacial score (nSPS) is 10.4. The van der Waals surface area contributed by atoms with Crippen LogP contribution in [0.25, 0.3) is 0 Å². The van der Waals surface area contributed by atoms with Crippen molar-refractivity contribution < 1.29 is 23.8 Å². The second-order valence-electron chi connectivity index (χ2n) is 3.95. The molecule has 8 heteroatoms. The van der Waals surface area contributed by atoms with Gasteiger partial charge in [0.25, 0.3) is 5.91 Å². The first kappa shape index (κ1) is 13.8. The smallest absolute Gasteiger partial charge is 0.325 e. The number of carbonyl (C=O) groups is 2. The molecule has 2 rings (SSSR count). The predicted octanol–water partition coefficient (Wildman–Crippen LogP) is 0.959. The molecule has 2 aromatic rings. The quantitative estimate of drug-likeness (QED) is 0.815. The van der Waals surface area contributed by atoms with Crippen LogP contribution < -0.4 is 5.32 Å². The van der Waals surface area contributed by atoms with Crippen LogP contribution in [0.3, 0.4) is 0 Å². The highest BCUT2D eigenvalue weighted by molar-refractivity contribution is 6.01. The third-order valence-corrected chi connectivity index (χ3v) is 2.35. The van der Waals surface area contributed by atoms with Gasteiger partial charge in [0.05, 0.1) is 0 Å². The van der Waals surface area contributed by atoms with Gasteiger partial charge in [-0.3, -0.25) is 14.3 Å². The number of hydrogen-bond acceptors (Lipinski definition) is 5. The van der Waals surface area contributed by atoms with Crippen molar-refractivity contribution in [1.29, 1.82) is 0 Å². The summed E-state index contributed by atoms with van der Waals surface area (Å²) in [6, 6.07) is 4.67. The van der Waals surface area contributed by atoms with Gasteiger partial charge in [-0.15, -0.1) is 0 Å². The number of carbonyl (C=O) groups excluding carboxylic acids is 1. The molecule has 20 heavy (non-hydrogen) atoms. The number of nitrogens with one attached hydrogen (secondary N) is 1. The third-order valence-electron chi connectivity index (χ3n) is 2.35. The summed E-state index contributed by atoms with van der Waals surface area (Å²) >= 11 is 0. The molecule has 0 saturated heterocycles. The van der Waals surface area contributed by atoms with Gasteiger partial charge in [-0.2, -0.15) is 5.10 Å². The van der Waals surface area contributed by atoms with Crippen molar-refractivity contribution in [1.82, 2.24) is 9.78 Å². The van der Waals surface area contributed by atoms with Gasteiger partial charge < -0.3 is 19.6 Å². The molecule has 0 atom stereocenters. The number of amides is 1. The van der Waals surface area contributed by atoms with Crippen molar-refractivity contribution in [2.75, 3.05) is 12.4 Å². The van der Waals surface area contributed by atoms with E-state index >= 15 is 0 Å². The zero-order valence-electron chi connectivity index (χ0n) is 10.7. The van der Waals surface area contributed by atoms with E-state index in [2.05, 4.69) is 10.4 Å². The molecule has 0 aliphatic rings. The maximum absolute atomic E-state index is 11.9. The summed E-state index contributed by atoms with van der Waals surface area (Å²) in [4.78, 5) is 22.4. The van der Waals surface area contributed by atoms with E-state index in [1.807, 2.05) is 0 Å². The van der Waals surface area contributed by atoms with Gasteiger partial charge >= 0.3 is 5.97 Å². The molecule has 0 aliphatic heterocycles. The van der Waals surface area contributed by atoms with Crippen LogP contribution in [0.2, 0.25) is 0 Å². The number of methoxy groups -OCH3 is 1. The summed E-state index contributed by atoms with van der Waals surface area (Å²) in [5.74, 6) is -0.561. The molecular weight excluding hydrogens is 266 g/mol. The second kappa shape index (κ2) is 6.02. The lowest BCUT2D eigenvalue weighted by Gasteiger charge is -1.99. The van der Waals surface area contributed by atoms with Crippen molar-refractivity contribution in [3.63, 3.8) is 0 Å². The minimum Gasteiger partial charge on any atom is -0.480 e. The first-order valence-electron chi connectivity index (χ1n) is 5.72. The van der Waals surface area contributed by atoms with E-state index in [4.69, 9.17) is 14.3 Å². The summed E-state index contributed by atoms with van der Waals surface area (Å²) in [7, 11) is 1.53. The predicted molar refractivity (Wildman–Crippen MR) is 67.2 cm³/mol. The lowest BCUT2D eigenvalue weighted by atomic mass is 10.4. The molecule has 0 fully saturated rings. The fourth-order valence-corrected chi connectivity index (χ4v) is 1.55. The topological polar surface area (TPSA) is 107 Å². The Labute approximate surface area is 113 Å². The Kier molecular flexibility index (Phi) is 4.16. The van der Waals surface area contributed by atoms with Crippen molar-refractivity contribution in [3.05, 3.63) is 35.9 Å². The average Bonchev–Trinajstić information content (AvgIpc) is 2.99. The maximum Gasteiger partial charge on any atom is 0.325 e. The van der Waals surface area contributed by atoms with Crippen LogP contribution in [0, 0.1) is 0 Å². The molecule has 2 aromatic heterocycles. The van der Waals surface area contributed by atoms with Crippen molar-refractivity contribution in [3.8, 4) is 0 Å². The highest BCUT2D eigenvalue weighted by Crippen LogP contribution is 2.11. The van der Waals surface area contributed by atoms with E-state index in [0.717, 1.165) is 0 Å². The number of ether oxygens (including phenoxy) is 1. The average molecular weight is 279 g/mol. The number of rotatable bonds is 6. The number of anilines is 1. The van der Waals surface area contributed by atoms with Gasteiger partial charge in [-0.1, -0.05) is 0 Å². The zero-order valence-corrected chi connectivity index (χ0v) is 10.7. The van der Waals surface area contributed by atoms with Gasteiger partial charge in [0, 0.05) is 19.4 Å². The molecule has 2 heterocycles. The molecule has 1 amide bonds. The lowest BCUT2D eigenvalue weighted by molar-refractivity contribution is -0.137. The number of carboxylic acid groups (broad SMARTS) is 1. The van der Waals surface area contributed by atoms with Gasteiger partial charge in [-0.05, 0) is 12.1 Å². The lowest BCUT2D eigenvalue weighted by Crippen LogP contribution is -2.13. The monoisotopic (exact) mass is 279 g/mol. The molecule has 0 bridgehead atoms. The number of nitrogens with zero attached hydrogens (tertiary/aromatic N) is 2. The first-order valence-corrected chi connectivity index (χ1v) is 5.72. The van der Waals surface area contributed by atoms with Crippen LogP contribution in [-0.4, -0.2) is 33.9 Å². The van der Waals surface area contributed by atoms with Crippen LogP contribution in [0.4, 0.5) is 5.82 Å². The molecule has 0 aliphatic carbocycles. The van der Waals surface area contributed by atoms with Crippen LogP contribution >= 0.6 is 0 Å². The molecular formula is C12H13N3O5. The van der Waals surface area contributed by atoms with Gasteiger partial charge in [0.1, 0.15) is 18.9 Å². The Bertz CT molecular complexity index is 616. The Morgan fingerprint density at radius 2 is 2.25 bits per heavy atom.